The molecule has 1 heterocycles. The topological polar surface area (TPSA) is 241 Å². The highest BCUT2D eigenvalue weighted by molar-refractivity contribution is 7.82. The number of nitrogens with one attached hydrogen (secondary N) is 1. The summed E-state index contributed by atoms with van der Waals surface area (Å²) in [5.74, 6) is -4.98. The van der Waals surface area contributed by atoms with Gasteiger partial charge in [-0.05, 0) is 50.6 Å². The molecule has 0 aromatic heterocycles. The molecular formula is C35H43NO18S. The summed E-state index contributed by atoms with van der Waals surface area (Å²) in [5, 5.41) is 2.44. The van der Waals surface area contributed by atoms with Crippen molar-refractivity contribution in [3.8, 4) is 17.2 Å². The van der Waals surface area contributed by atoms with Crippen LogP contribution in [0.3, 0.4) is 0 Å². The Morgan fingerprint density at radius 3 is 1.87 bits per heavy atom. The second-order valence-electron chi connectivity index (χ2n) is 12.8. The lowest BCUT2D eigenvalue weighted by Gasteiger charge is -2.43. The van der Waals surface area contributed by atoms with Crippen LogP contribution >= 0.6 is 0 Å². The summed E-state index contributed by atoms with van der Waals surface area (Å²) in [5.41, 5.74) is -0.333. The van der Waals surface area contributed by atoms with Crippen molar-refractivity contribution < 1.29 is 83.4 Å². The van der Waals surface area contributed by atoms with Crippen LogP contribution in [-0.2, 0) is 74.0 Å². The van der Waals surface area contributed by atoms with Crippen LogP contribution < -0.4 is 18.4 Å². The van der Waals surface area contributed by atoms with Gasteiger partial charge < -0.3 is 51.6 Å². The van der Waals surface area contributed by atoms with E-state index in [1.165, 1.54) is 48.5 Å². The molecule has 20 heteroatoms. The molecule has 1 fully saturated rings. The van der Waals surface area contributed by atoms with E-state index in [0.29, 0.717) is 5.56 Å². The maximum Gasteiger partial charge on any atom is 0.501 e. The molecule has 3 rings (SSSR count). The van der Waals surface area contributed by atoms with Gasteiger partial charge in [0, 0.05) is 34.1 Å². The van der Waals surface area contributed by atoms with Crippen molar-refractivity contribution in [1.82, 2.24) is 5.32 Å². The number of esters is 5. The molecule has 0 aliphatic carbocycles. The second kappa shape index (κ2) is 19.1. The van der Waals surface area contributed by atoms with Crippen molar-refractivity contribution >= 4 is 46.3 Å². The number of hydrogen-bond acceptors (Lipinski definition) is 18. The van der Waals surface area contributed by atoms with Crippen LogP contribution in [0.5, 0.6) is 17.2 Å². The van der Waals surface area contributed by atoms with Gasteiger partial charge in [-0.3, -0.25) is 19.2 Å². The molecule has 0 spiro atoms. The zero-order valence-corrected chi connectivity index (χ0v) is 32.1. The van der Waals surface area contributed by atoms with Gasteiger partial charge in [-0.1, -0.05) is 24.3 Å². The molecule has 0 radical (unpaired) electrons. The Kier molecular flexibility index (Phi) is 15.2. The van der Waals surface area contributed by atoms with Gasteiger partial charge in [-0.2, -0.15) is 0 Å². The summed E-state index contributed by atoms with van der Waals surface area (Å²) in [4.78, 5) is 72.6. The highest BCUT2D eigenvalue weighted by atomic mass is 32.3. The summed E-state index contributed by atoms with van der Waals surface area (Å²) in [6, 6.07) is 9.64. The third kappa shape index (κ3) is 14.3. The molecule has 302 valence electrons. The van der Waals surface area contributed by atoms with Crippen LogP contribution in [0.25, 0.3) is 0 Å². The third-order valence-corrected chi connectivity index (χ3v) is 7.75. The van der Waals surface area contributed by atoms with E-state index in [1.54, 1.807) is 20.8 Å². The van der Waals surface area contributed by atoms with Crippen molar-refractivity contribution in [1.29, 1.82) is 0 Å². The predicted octanol–water partition coefficient (Wildman–Crippen LogP) is 2.46. The van der Waals surface area contributed by atoms with Gasteiger partial charge in [-0.15, -0.1) is 8.42 Å². The van der Waals surface area contributed by atoms with Gasteiger partial charge >= 0.3 is 46.3 Å². The lowest BCUT2D eigenvalue weighted by molar-refractivity contribution is -0.288. The maximum absolute atomic E-state index is 13.1. The normalized spacial score (nSPS) is 20.0. The number of carbonyl (C=O) groups is 6. The van der Waals surface area contributed by atoms with E-state index in [2.05, 4.69) is 5.32 Å². The van der Waals surface area contributed by atoms with Crippen molar-refractivity contribution in [2.45, 2.75) is 97.2 Å². The van der Waals surface area contributed by atoms with E-state index in [1.807, 2.05) is 0 Å². The minimum absolute atomic E-state index is 0.0423. The highest BCUT2D eigenvalue weighted by Gasteiger charge is 2.53. The predicted molar refractivity (Wildman–Crippen MR) is 185 cm³/mol. The molecule has 55 heavy (non-hydrogen) atoms. The van der Waals surface area contributed by atoms with E-state index in [4.69, 9.17) is 46.3 Å². The number of ether oxygens (including phenoxy) is 8. The number of alkyl carbamates (subject to hydrolysis) is 1. The monoisotopic (exact) mass is 797 g/mol. The van der Waals surface area contributed by atoms with Crippen LogP contribution in [0.2, 0.25) is 0 Å². The van der Waals surface area contributed by atoms with E-state index >= 15 is 0 Å². The first-order chi connectivity index (χ1) is 25.7. The summed E-state index contributed by atoms with van der Waals surface area (Å²) < 4.78 is 79.5. The molecule has 1 aliphatic heterocycles. The summed E-state index contributed by atoms with van der Waals surface area (Å²) in [6.45, 7) is 8.71. The third-order valence-electron chi connectivity index (χ3n) is 6.97. The number of benzene rings is 2. The number of methoxy groups -OCH3 is 1. The van der Waals surface area contributed by atoms with Gasteiger partial charge in [0.15, 0.2) is 23.7 Å². The first kappa shape index (κ1) is 43.8. The smallest absolute Gasteiger partial charge is 0.467 e. The SMILES string of the molecule is COC(=O)[C@@H](Cc1ccc(OS(=O)(=O)Oc2ccccc2O[C@@H]2O[C@H](COC(C)=O)[C@H](OC(C)=O)[C@H](OC(C)=O)[C@H]2OC(C)=O)cc1)NC(=O)OC(C)(C)C. The highest BCUT2D eigenvalue weighted by Crippen LogP contribution is 2.35. The lowest BCUT2D eigenvalue weighted by Crippen LogP contribution is -2.63. The Labute approximate surface area is 317 Å². The van der Waals surface area contributed by atoms with E-state index < -0.39 is 101 Å². The van der Waals surface area contributed by atoms with Crippen LogP contribution in [0, 0.1) is 0 Å². The van der Waals surface area contributed by atoms with Gasteiger partial charge in [0.05, 0.1) is 7.11 Å². The van der Waals surface area contributed by atoms with Crippen LogP contribution in [0.4, 0.5) is 4.79 Å². The van der Waals surface area contributed by atoms with Gasteiger partial charge in [0.25, 0.3) is 0 Å². The quantitative estimate of drug-likeness (QED) is 0.201. The largest absolute Gasteiger partial charge is 0.501 e. The molecule has 1 N–H and O–H groups in total. The Balaban J connectivity index is 1.84. The number of amides is 1. The van der Waals surface area contributed by atoms with E-state index in [9.17, 15) is 37.2 Å². The Morgan fingerprint density at radius 2 is 1.33 bits per heavy atom. The molecule has 1 amide bonds. The minimum atomic E-state index is -4.89. The molecular weight excluding hydrogens is 754 g/mol. The van der Waals surface area contributed by atoms with Gasteiger partial charge in [0.2, 0.25) is 12.4 Å². The fourth-order valence-corrected chi connectivity index (χ4v) is 5.71. The van der Waals surface area contributed by atoms with Crippen molar-refractivity contribution in [3.05, 3.63) is 54.1 Å². The zero-order chi connectivity index (χ0) is 41.1. The number of rotatable bonds is 15. The minimum Gasteiger partial charge on any atom is -0.467 e. The van der Waals surface area contributed by atoms with Crippen molar-refractivity contribution in [2.75, 3.05) is 13.7 Å². The fraction of sp³-hybridized carbons (Fsp3) is 0.486. The molecule has 1 aliphatic rings. The van der Waals surface area contributed by atoms with Crippen molar-refractivity contribution in [3.63, 3.8) is 0 Å². The van der Waals surface area contributed by atoms with Crippen LogP contribution in [-0.4, -0.2) is 100 Å². The molecule has 6 atom stereocenters. The van der Waals surface area contributed by atoms with Gasteiger partial charge in [0.1, 0.15) is 30.1 Å². The number of carbonyl (C=O) groups excluding carboxylic acids is 6. The first-order valence-corrected chi connectivity index (χ1v) is 17.9. The van der Waals surface area contributed by atoms with Gasteiger partial charge in [-0.25, -0.2) is 9.59 Å². The first-order valence-electron chi connectivity index (χ1n) is 16.5. The van der Waals surface area contributed by atoms with Crippen LogP contribution in [0.15, 0.2) is 48.5 Å². The Hall–Kier alpha value is -5.63. The average Bonchev–Trinajstić information content (AvgIpc) is 3.05. The number of para-hydroxylation sites is 2. The Morgan fingerprint density at radius 1 is 0.764 bits per heavy atom. The van der Waals surface area contributed by atoms with E-state index in [-0.39, 0.29) is 17.9 Å². The maximum atomic E-state index is 13.1. The summed E-state index contributed by atoms with van der Waals surface area (Å²) in [6.07, 6.45) is -8.54. The molecule has 0 unspecified atom stereocenters. The molecule has 0 saturated carbocycles. The summed E-state index contributed by atoms with van der Waals surface area (Å²) in [7, 11) is -3.73. The standard InChI is InChI=1S/C35H43NO18S/c1-19(37)46-18-28-29(47-20(2)38)30(48-21(3)39)31(49-22(4)40)33(51-28)50-26-11-9-10-12-27(26)54-55(43,44)53-24-15-13-23(14-16-24)17-25(32(41)45-8)36-34(42)52-35(5,6)7/h9-16,25,28-31,33H,17-18H2,1-8H3,(H,36,42)/t25-,28-,29+,30+,31-,33-/m1/s1. The summed E-state index contributed by atoms with van der Waals surface area (Å²) >= 11 is 0. The molecule has 2 aromatic carbocycles. The molecule has 1 saturated heterocycles. The Bertz CT molecular complexity index is 1810. The number of hydrogen-bond donors (Lipinski definition) is 1. The van der Waals surface area contributed by atoms with Crippen molar-refractivity contribution in [2.24, 2.45) is 0 Å². The lowest BCUT2D eigenvalue weighted by atomic mass is 9.98. The van der Waals surface area contributed by atoms with Crippen LogP contribution in [0.1, 0.15) is 54.0 Å². The molecule has 0 bridgehead atoms. The molecule has 19 nitrogen and oxygen atoms in total. The fourth-order valence-electron chi connectivity index (χ4n) is 4.97. The van der Waals surface area contributed by atoms with E-state index in [0.717, 1.165) is 34.8 Å². The molecule has 2 aromatic rings. The second-order valence-corrected chi connectivity index (χ2v) is 13.9. The average molecular weight is 798 g/mol. The zero-order valence-electron chi connectivity index (χ0n) is 31.3.